The number of nitrogens with one attached hydrogen (secondary N) is 2. The maximum Gasteiger partial charge on any atom is 0.0477 e. The second-order valence-corrected chi connectivity index (χ2v) is 4.82. The Hall–Kier alpha value is -0.420. The standard InChI is InChI=1S/C11H16BrN3/c12-9-3-1-8(2-4-9)11-7-10(5-6-13)14-15-11/h1-4,10-11,14-15H,5-7,13H2. The van der Waals surface area contributed by atoms with Gasteiger partial charge in [-0.2, -0.15) is 0 Å². The Morgan fingerprint density at radius 3 is 2.67 bits per heavy atom. The van der Waals surface area contributed by atoms with Gasteiger partial charge in [0.15, 0.2) is 0 Å². The third-order valence-electron chi connectivity index (χ3n) is 2.77. The molecule has 0 aliphatic carbocycles. The van der Waals surface area contributed by atoms with Gasteiger partial charge in [0.1, 0.15) is 0 Å². The van der Waals surface area contributed by atoms with Crippen LogP contribution in [0.3, 0.4) is 0 Å². The Kier molecular flexibility index (Phi) is 3.75. The Morgan fingerprint density at radius 1 is 1.27 bits per heavy atom. The van der Waals surface area contributed by atoms with Crippen molar-refractivity contribution in [2.24, 2.45) is 5.73 Å². The predicted octanol–water partition coefficient (Wildman–Crippen LogP) is 1.71. The third-order valence-corrected chi connectivity index (χ3v) is 3.30. The summed E-state index contributed by atoms with van der Waals surface area (Å²) in [6.07, 6.45) is 2.14. The molecule has 0 bridgehead atoms. The molecule has 1 aromatic rings. The Bertz CT molecular complexity index is 312. The van der Waals surface area contributed by atoms with Gasteiger partial charge in [0.2, 0.25) is 0 Å². The van der Waals surface area contributed by atoms with Crippen molar-refractivity contribution in [2.45, 2.75) is 24.9 Å². The average Bonchev–Trinajstić information content (AvgIpc) is 2.68. The van der Waals surface area contributed by atoms with Gasteiger partial charge in [0, 0.05) is 16.6 Å². The summed E-state index contributed by atoms with van der Waals surface area (Å²) < 4.78 is 1.12. The first-order valence-electron chi connectivity index (χ1n) is 5.26. The first-order valence-corrected chi connectivity index (χ1v) is 6.05. The van der Waals surface area contributed by atoms with Crippen LogP contribution in [0.2, 0.25) is 0 Å². The molecule has 3 nitrogen and oxygen atoms in total. The third kappa shape index (κ3) is 2.78. The van der Waals surface area contributed by atoms with Crippen molar-refractivity contribution in [3.05, 3.63) is 34.3 Å². The van der Waals surface area contributed by atoms with E-state index in [0.29, 0.717) is 12.1 Å². The first-order chi connectivity index (χ1) is 7.29. The first kappa shape index (κ1) is 11.1. The molecule has 0 saturated carbocycles. The van der Waals surface area contributed by atoms with E-state index in [1.54, 1.807) is 0 Å². The van der Waals surface area contributed by atoms with Crippen LogP contribution in [-0.2, 0) is 0 Å². The molecule has 82 valence electrons. The van der Waals surface area contributed by atoms with E-state index in [0.717, 1.165) is 23.9 Å². The van der Waals surface area contributed by atoms with Crippen LogP contribution in [0.5, 0.6) is 0 Å². The lowest BCUT2D eigenvalue weighted by Gasteiger charge is -2.09. The van der Waals surface area contributed by atoms with Crippen molar-refractivity contribution in [1.82, 2.24) is 10.9 Å². The quantitative estimate of drug-likeness (QED) is 0.783. The lowest BCUT2D eigenvalue weighted by Crippen LogP contribution is -2.32. The van der Waals surface area contributed by atoms with E-state index in [1.165, 1.54) is 5.56 Å². The van der Waals surface area contributed by atoms with Crippen molar-refractivity contribution in [2.75, 3.05) is 6.54 Å². The zero-order valence-corrected chi connectivity index (χ0v) is 10.1. The van der Waals surface area contributed by atoms with Crippen LogP contribution < -0.4 is 16.6 Å². The summed E-state index contributed by atoms with van der Waals surface area (Å²) in [6, 6.07) is 9.36. The highest BCUT2D eigenvalue weighted by atomic mass is 79.9. The summed E-state index contributed by atoms with van der Waals surface area (Å²) in [5.74, 6) is 0. The minimum atomic E-state index is 0.412. The summed E-state index contributed by atoms with van der Waals surface area (Å²) in [5, 5.41) is 0. The number of rotatable bonds is 3. The molecule has 0 spiro atoms. The van der Waals surface area contributed by atoms with E-state index in [1.807, 2.05) is 0 Å². The molecule has 2 unspecified atom stereocenters. The van der Waals surface area contributed by atoms with Crippen molar-refractivity contribution in [1.29, 1.82) is 0 Å². The maximum absolute atomic E-state index is 5.54. The van der Waals surface area contributed by atoms with E-state index < -0.39 is 0 Å². The van der Waals surface area contributed by atoms with Crippen LogP contribution in [-0.4, -0.2) is 12.6 Å². The van der Waals surface area contributed by atoms with Gasteiger partial charge in [-0.3, -0.25) is 10.9 Å². The van der Waals surface area contributed by atoms with Crippen molar-refractivity contribution in [3.8, 4) is 0 Å². The predicted molar refractivity (Wildman–Crippen MR) is 65.2 cm³/mol. The van der Waals surface area contributed by atoms with Crippen LogP contribution in [0.1, 0.15) is 24.4 Å². The van der Waals surface area contributed by atoms with E-state index in [9.17, 15) is 0 Å². The molecule has 15 heavy (non-hydrogen) atoms. The zero-order chi connectivity index (χ0) is 10.7. The molecule has 1 aliphatic heterocycles. The highest BCUT2D eigenvalue weighted by molar-refractivity contribution is 9.10. The van der Waals surface area contributed by atoms with Crippen LogP contribution >= 0.6 is 15.9 Å². The molecule has 1 heterocycles. The number of halogens is 1. The largest absolute Gasteiger partial charge is 0.330 e. The summed E-state index contributed by atoms with van der Waals surface area (Å²) in [4.78, 5) is 0. The smallest absolute Gasteiger partial charge is 0.0477 e. The highest BCUT2D eigenvalue weighted by Crippen LogP contribution is 2.24. The SMILES string of the molecule is NCCC1CC(c2ccc(Br)cc2)NN1. The number of hydrogen-bond acceptors (Lipinski definition) is 3. The molecule has 0 amide bonds. The molecule has 1 aromatic carbocycles. The average molecular weight is 270 g/mol. The fraction of sp³-hybridized carbons (Fsp3) is 0.455. The summed E-state index contributed by atoms with van der Waals surface area (Å²) >= 11 is 3.44. The Balaban J connectivity index is 1.98. The number of hydrogen-bond donors (Lipinski definition) is 3. The van der Waals surface area contributed by atoms with Crippen LogP contribution in [0.25, 0.3) is 0 Å². The van der Waals surface area contributed by atoms with Crippen LogP contribution in [0, 0.1) is 0 Å². The Labute approximate surface area is 98.5 Å². The number of benzene rings is 1. The normalized spacial score (nSPS) is 25.7. The van der Waals surface area contributed by atoms with Crippen molar-refractivity contribution >= 4 is 15.9 Å². The molecule has 2 atom stereocenters. The van der Waals surface area contributed by atoms with Gasteiger partial charge < -0.3 is 5.73 Å². The summed E-state index contributed by atoms with van der Waals surface area (Å²) in [6.45, 7) is 0.742. The van der Waals surface area contributed by atoms with Gasteiger partial charge in [-0.05, 0) is 37.1 Å². The molecular weight excluding hydrogens is 254 g/mol. The van der Waals surface area contributed by atoms with Crippen LogP contribution in [0.15, 0.2) is 28.7 Å². The van der Waals surface area contributed by atoms with Gasteiger partial charge >= 0.3 is 0 Å². The second-order valence-electron chi connectivity index (χ2n) is 3.90. The van der Waals surface area contributed by atoms with Gasteiger partial charge in [-0.15, -0.1) is 0 Å². The molecule has 1 fully saturated rings. The lowest BCUT2D eigenvalue weighted by atomic mass is 10.0. The fourth-order valence-corrected chi connectivity index (χ4v) is 2.19. The topological polar surface area (TPSA) is 50.1 Å². The van der Waals surface area contributed by atoms with E-state index in [-0.39, 0.29) is 0 Å². The zero-order valence-electron chi connectivity index (χ0n) is 8.54. The Morgan fingerprint density at radius 2 is 2.00 bits per heavy atom. The molecule has 0 aromatic heterocycles. The molecule has 1 aliphatic rings. The minimum Gasteiger partial charge on any atom is -0.330 e. The molecule has 2 rings (SSSR count). The van der Waals surface area contributed by atoms with Crippen molar-refractivity contribution in [3.63, 3.8) is 0 Å². The fourth-order valence-electron chi connectivity index (χ4n) is 1.93. The molecule has 4 heteroatoms. The highest BCUT2D eigenvalue weighted by Gasteiger charge is 2.23. The van der Waals surface area contributed by atoms with Gasteiger partial charge in [0.05, 0.1) is 0 Å². The summed E-state index contributed by atoms with van der Waals surface area (Å²) in [7, 11) is 0. The molecule has 4 N–H and O–H groups in total. The van der Waals surface area contributed by atoms with Crippen LogP contribution in [0.4, 0.5) is 0 Å². The van der Waals surface area contributed by atoms with Crippen molar-refractivity contribution < 1.29 is 0 Å². The van der Waals surface area contributed by atoms with Gasteiger partial charge in [-0.1, -0.05) is 28.1 Å². The summed E-state index contributed by atoms with van der Waals surface area (Å²) in [5.41, 5.74) is 13.4. The second kappa shape index (κ2) is 5.07. The monoisotopic (exact) mass is 269 g/mol. The van der Waals surface area contributed by atoms with E-state index in [2.05, 4.69) is 51.0 Å². The molecule has 0 radical (unpaired) electrons. The lowest BCUT2D eigenvalue weighted by molar-refractivity contribution is 0.521. The van der Waals surface area contributed by atoms with E-state index >= 15 is 0 Å². The number of nitrogens with two attached hydrogens (primary N) is 1. The maximum atomic E-state index is 5.54. The van der Waals surface area contributed by atoms with Gasteiger partial charge in [-0.25, -0.2) is 0 Å². The van der Waals surface area contributed by atoms with Gasteiger partial charge in [0.25, 0.3) is 0 Å². The minimum absolute atomic E-state index is 0.412. The van der Waals surface area contributed by atoms with E-state index in [4.69, 9.17) is 5.73 Å². The molecular formula is C11H16BrN3. The molecule has 1 saturated heterocycles. The number of hydrazine groups is 1.